The molecule has 0 aromatic carbocycles. The third-order valence-electron chi connectivity index (χ3n) is 2.02. The topological polar surface area (TPSA) is 66.8 Å². The number of hydrogen-bond donors (Lipinski definition) is 1. The van der Waals surface area contributed by atoms with Crippen molar-refractivity contribution in [2.75, 3.05) is 26.3 Å². The van der Waals surface area contributed by atoms with Gasteiger partial charge >= 0.3 is 5.97 Å². The van der Waals surface area contributed by atoms with Crippen LogP contribution in [0.4, 0.5) is 0 Å². The Kier molecular flexibility index (Phi) is 8.52. The van der Waals surface area contributed by atoms with E-state index in [2.05, 4.69) is 0 Å². The Morgan fingerprint density at radius 1 is 1.31 bits per heavy atom. The monoisotopic (exact) mass is 231 g/mol. The second-order valence-electron chi connectivity index (χ2n) is 3.45. The second-order valence-corrected chi connectivity index (χ2v) is 3.45. The Morgan fingerprint density at radius 3 is 2.50 bits per heavy atom. The summed E-state index contributed by atoms with van der Waals surface area (Å²) in [6.07, 6.45) is 1.50. The van der Waals surface area contributed by atoms with Crippen LogP contribution in [0.3, 0.4) is 0 Å². The summed E-state index contributed by atoms with van der Waals surface area (Å²) in [5.74, 6) is -0.489. The number of ether oxygens (including phenoxy) is 1. The minimum Gasteiger partial charge on any atom is -0.465 e. The molecule has 0 rings (SSSR count). The van der Waals surface area contributed by atoms with Gasteiger partial charge in [0, 0.05) is 19.6 Å². The second kappa shape index (κ2) is 9.15. The fourth-order valence-electron chi connectivity index (χ4n) is 1.31. The maximum absolute atomic E-state index is 11.6. The van der Waals surface area contributed by atoms with Crippen LogP contribution in [-0.2, 0) is 14.3 Å². The number of nitrogens with zero attached hydrogens (tertiary/aromatic N) is 1. The molecule has 0 radical (unpaired) electrons. The zero-order valence-corrected chi connectivity index (χ0v) is 10.1. The summed E-state index contributed by atoms with van der Waals surface area (Å²) in [6, 6.07) is 0. The van der Waals surface area contributed by atoms with E-state index in [0.29, 0.717) is 19.6 Å². The number of esters is 1. The van der Waals surface area contributed by atoms with Crippen LogP contribution in [-0.4, -0.2) is 48.2 Å². The minimum absolute atomic E-state index is 0.00589. The predicted molar refractivity (Wildman–Crippen MR) is 59.8 cm³/mol. The first-order valence-electron chi connectivity index (χ1n) is 5.69. The minimum atomic E-state index is -0.381. The molecule has 0 heterocycles. The van der Waals surface area contributed by atoms with Gasteiger partial charge in [0.25, 0.3) is 0 Å². The van der Waals surface area contributed by atoms with Crippen LogP contribution in [0.5, 0.6) is 0 Å². The molecule has 0 aromatic heterocycles. The summed E-state index contributed by atoms with van der Waals surface area (Å²) >= 11 is 0. The fourth-order valence-corrected chi connectivity index (χ4v) is 1.31. The van der Waals surface area contributed by atoms with Gasteiger partial charge in [0.15, 0.2) is 0 Å². The largest absolute Gasteiger partial charge is 0.465 e. The Labute approximate surface area is 96.4 Å². The zero-order chi connectivity index (χ0) is 12.4. The molecule has 0 aliphatic rings. The van der Waals surface area contributed by atoms with E-state index < -0.39 is 0 Å². The lowest BCUT2D eigenvalue weighted by molar-refractivity contribution is -0.149. The highest BCUT2D eigenvalue weighted by Gasteiger charge is 2.16. The van der Waals surface area contributed by atoms with Gasteiger partial charge in [0.2, 0.25) is 5.91 Å². The van der Waals surface area contributed by atoms with E-state index in [1.807, 2.05) is 6.92 Å². The van der Waals surface area contributed by atoms with Crippen LogP contribution in [0.25, 0.3) is 0 Å². The highest BCUT2D eigenvalue weighted by Crippen LogP contribution is 2.00. The molecule has 0 unspecified atom stereocenters. The fraction of sp³-hybridized carbons (Fsp3) is 0.818. The average Bonchev–Trinajstić information content (AvgIpc) is 2.25. The van der Waals surface area contributed by atoms with Crippen LogP contribution in [0, 0.1) is 0 Å². The van der Waals surface area contributed by atoms with Gasteiger partial charge in [0.1, 0.15) is 6.54 Å². The summed E-state index contributed by atoms with van der Waals surface area (Å²) < 4.78 is 4.79. The highest BCUT2D eigenvalue weighted by molar-refractivity contribution is 5.82. The van der Waals surface area contributed by atoms with E-state index in [1.54, 1.807) is 6.92 Å². The molecule has 0 fully saturated rings. The van der Waals surface area contributed by atoms with Crippen molar-refractivity contribution in [1.82, 2.24) is 4.90 Å². The number of aliphatic hydroxyl groups excluding tert-OH is 1. The molecule has 0 aliphatic heterocycles. The SMILES string of the molecule is CCCN(CC(=O)OCC)C(=O)CCCO. The molecule has 0 spiro atoms. The molecule has 0 saturated heterocycles. The van der Waals surface area contributed by atoms with E-state index in [-0.39, 0.29) is 31.4 Å². The molecule has 16 heavy (non-hydrogen) atoms. The maximum Gasteiger partial charge on any atom is 0.325 e. The van der Waals surface area contributed by atoms with Crippen molar-refractivity contribution >= 4 is 11.9 Å². The summed E-state index contributed by atoms with van der Waals surface area (Å²) in [5, 5.41) is 8.63. The van der Waals surface area contributed by atoms with Gasteiger partial charge in [-0.05, 0) is 19.8 Å². The lowest BCUT2D eigenvalue weighted by Gasteiger charge is -2.20. The van der Waals surface area contributed by atoms with Crippen molar-refractivity contribution in [2.24, 2.45) is 0 Å². The number of carbonyl (C=O) groups is 2. The normalized spacial score (nSPS) is 9.94. The summed E-state index contributed by atoms with van der Waals surface area (Å²) in [6.45, 7) is 4.54. The Morgan fingerprint density at radius 2 is 2.00 bits per heavy atom. The standard InChI is InChI=1S/C11H21NO4/c1-3-7-12(9-11(15)16-4-2)10(14)6-5-8-13/h13H,3-9H2,1-2H3. The molecule has 0 atom stereocenters. The summed E-state index contributed by atoms with van der Waals surface area (Å²) in [4.78, 5) is 24.4. The van der Waals surface area contributed by atoms with Gasteiger partial charge < -0.3 is 14.7 Å². The first-order valence-corrected chi connectivity index (χ1v) is 5.69. The van der Waals surface area contributed by atoms with Crippen molar-refractivity contribution in [3.8, 4) is 0 Å². The van der Waals surface area contributed by atoms with Crippen molar-refractivity contribution in [3.63, 3.8) is 0 Å². The van der Waals surface area contributed by atoms with Crippen LogP contribution in [0.2, 0.25) is 0 Å². The molecule has 0 aromatic rings. The van der Waals surface area contributed by atoms with Crippen molar-refractivity contribution in [3.05, 3.63) is 0 Å². The van der Waals surface area contributed by atoms with Gasteiger partial charge in [0.05, 0.1) is 6.61 Å². The number of aliphatic hydroxyl groups is 1. The summed E-state index contributed by atoms with van der Waals surface area (Å²) in [7, 11) is 0. The average molecular weight is 231 g/mol. The van der Waals surface area contributed by atoms with Crippen LogP contribution < -0.4 is 0 Å². The summed E-state index contributed by atoms with van der Waals surface area (Å²) in [5.41, 5.74) is 0. The molecular weight excluding hydrogens is 210 g/mol. The van der Waals surface area contributed by atoms with Crippen LogP contribution in [0.1, 0.15) is 33.1 Å². The molecule has 5 heteroatoms. The first-order chi connectivity index (χ1) is 7.65. The molecule has 0 aliphatic carbocycles. The zero-order valence-electron chi connectivity index (χ0n) is 10.1. The van der Waals surface area contributed by atoms with E-state index in [0.717, 1.165) is 6.42 Å². The van der Waals surface area contributed by atoms with Gasteiger partial charge in [-0.2, -0.15) is 0 Å². The van der Waals surface area contributed by atoms with Crippen LogP contribution >= 0.6 is 0 Å². The lowest BCUT2D eigenvalue weighted by Crippen LogP contribution is -2.37. The number of hydrogen-bond acceptors (Lipinski definition) is 4. The Bertz CT molecular complexity index is 218. The van der Waals surface area contributed by atoms with Crippen LogP contribution in [0.15, 0.2) is 0 Å². The third kappa shape index (κ3) is 6.40. The quantitative estimate of drug-likeness (QED) is 0.620. The van der Waals surface area contributed by atoms with E-state index in [9.17, 15) is 9.59 Å². The van der Waals surface area contributed by atoms with Crippen molar-refractivity contribution < 1.29 is 19.4 Å². The molecule has 0 bridgehead atoms. The molecular formula is C11H21NO4. The van der Waals surface area contributed by atoms with E-state index >= 15 is 0 Å². The molecule has 1 amide bonds. The molecule has 94 valence electrons. The first kappa shape index (κ1) is 14.9. The molecule has 5 nitrogen and oxygen atoms in total. The van der Waals surface area contributed by atoms with Gasteiger partial charge in [-0.3, -0.25) is 9.59 Å². The Hall–Kier alpha value is -1.10. The number of carbonyl (C=O) groups excluding carboxylic acids is 2. The van der Waals surface area contributed by atoms with Gasteiger partial charge in [-0.15, -0.1) is 0 Å². The molecule has 1 N–H and O–H groups in total. The number of amides is 1. The van der Waals surface area contributed by atoms with Crippen molar-refractivity contribution in [1.29, 1.82) is 0 Å². The Balaban J connectivity index is 4.13. The number of rotatable bonds is 8. The maximum atomic E-state index is 11.6. The highest BCUT2D eigenvalue weighted by atomic mass is 16.5. The lowest BCUT2D eigenvalue weighted by atomic mass is 10.2. The van der Waals surface area contributed by atoms with E-state index in [4.69, 9.17) is 9.84 Å². The smallest absolute Gasteiger partial charge is 0.325 e. The van der Waals surface area contributed by atoms with Gasteiger partial charge in [-0.25, -0.2) is 0 Å². The van der Waals surface area contributed by atoms with E-state index in [1.165, 1.54) is 4.90 Å². The van der Waals surface area contributed by atoms with Gasteiger partial charge in [-0.1, -0.05) is 6.92 Å². The molecule has 0 saturated carbocycles. The third-order valence-corrected chi connectivity index (χ3v) is 2.02. The predicted octanol–water partition coefficient (Wildman–Crippen LogP) is 0.561. The van der Waals surface area contributed by atoms with Crippen molar-refractivity contribution in [2.45, 2.75) is 33.1 Å².